The number of likely N-dealkylation sites (tertiary alicyclic amines) is 1. The van der Waals surface area contributed by atoms with Crippen molar-refractivity contribution in [3.63, 3.8) is 0 Å². The average molecular weight is 312 g/mol. The Balaban J connectivity index is 1.72. The molecule has 0 bridgehead atoms. The van der Waals surface area contributed by atoms with Gasteiger partial charge >= 0.3 is 6.03 Å². The van der Waals surface area contributed by atoms with E-state index >= 15 is 0 Å². The SMILES string of the molecule is COC(C)(C)C[C@@H](C)NC(=O)N1CCC([C@H]2CCCO2)CC1. The molecule has 128 valence electrons. The smallest absolute Gasteiger partial charge is 0.317 e. The predicted molar refractivity (Wildman–Crippen MR) is 87.0 cm³/mol. The number of methoxy groups -OCH3 is 1. The van der Waals surface area contributed by atoms with E-state index in [1.54, 1.807) is 7.11 Å². The Morgan fingerprint density at radius 2 is 2.05 bits per heavy atom. The second-order valence-electron chi connectivity index (χ2n) is 7.39. The Bertz CT molecular complexity index is 359. The molecule has 0 aromatic carbocycles. The minimum absolute atomic E-state index is 0.0604. The molecule has 2 saturated heterocycles. The maximum atomic E-state index is 12.4. The first-order valence-corrected chi connectivity index (χ1v) is 8.63. The van der Waals surface area contributed by atoms with Crippen molar-refractivity contribution in [2.24, 2.45) is 5.92 Å². The molecule has 0 radical (unpaired) electrons. The van der Waals surface area contributed by atoms with Gasteiger partial charge in [-0.15, -0.1) is 0 Å². The van der Waals surface area contributed by atoms with E-state index in [0.29, 0.717) is 12.0 Å². The van der Waals surface area contributed by atoms with Crippen LogP contribution in [0.5, 0.6) is 0 Å². The van der Waals surface area contributed by atoms with Crippen LogP contribution < -0.4 is 5.32 Å². The van der Waals surface area contributed by atoms with Crippen molar-refractivity contribution in [1.29, 1.82) is 0 Å². The summed E-state index contributed by atoms with van der Waals surface area (Å²) >= 11 is 0. The number of piperidine rings is 1. The zero-order valence-corrected chi connectivity index (χ0v) is 14.6. The molecule has 0 saturated carbocycles. The number of carbonyl (C=O) groups excluding carboxylic acids is 1. The molecule has 22 heavy (non-hydrogen) atoms. The lowest BCUT2D eigenvalue weighted by Crippen LogP contribution is -2.49. The molecule has 2 heterocycles. The van der Waals surface area contributed by atoms with Gasteiger partial charge in [0.05, 0.1) is 11.7 Å². The highest BCUT2D eigenvalue weighted by molar-refractivity contribution is 5.74. The molecular weight excluding hydrogens is 280 g/mol. The van der Waals surface area contributed by atoms with Gasteiger partial charge in [0, 0.05) is 32.8 Å². The van der Waals surface area contributed by atoms with Crippen LogP contribution >= 0.6 is 0 Å². The van der Waals surface area contributed by atoms with Gasteiger partial charge in [0.25, 0.3) is 0 Å². The molecular formula is C17H32N2O3. The third-order valence-corrected chi connectivity index (χ3v) is 5.04. The zero-order chi connectivity index (χ0) is 16.2. The molecule has 2 aliphatic heterocycles. The molecule has 0 aromatic heterocycles. The van der Waals surface area contributed by atoms with Gasteiger partial charge < -0.3 is 19.7 Å². The van der Waals surface area contributed by atoms with Gasteiger partial charge in [-0.1, -0.05) is 0 Å². The Labute approximate surface area is 134 Å². The minimum atomic E-state index is -0.209. The lowest BCUT2D eigenvalue weighted by Gasteiger charge is -2.35. The Morgan fingerprint density at radius 1 is 1.36 bits per heavy atom. The molecule has 1 N–H and O–H groups in total. The van der Waals surface area contributed by atoms with E-state index in [4.69, 9.17) is 9.47 Å². The van der Waals surface area contributed by atoms with Crippen molar-refractivity contribution < 1.29 is 14.3 Å². The number of urea groups is 1. The van der Waals surface area contributed by atoms with Crippen molar-refractivity contribution in [2.45, 2.75) is 70.6 Å². The first-order valence-electron chi connectivity index (χ1n) is 8.63. The molecule has 0 aliphatic carbocycles. The summed E-state index contributed by atoms with van der Waals surface area (Å²) in [5.41, 5.74) is -0.209. The summed E-state index contributed by atoms with van der Waals surface area (Å²) in [5.74, 6) is 0.636. The molecule has 2 amide bonds. The number of rotatable bonds is 5. The number of hydrogen-bond donors (Lipinski definition) is 1. The Morgan fingerprint density at radius 3 is 2.59 bits per heavy atom. The Kier molecular flexibility index (Phi) is 6.09. The van der Waals surface area contributed by atoms with Gasteiger partial charge in [-0.3, -0.25) is 0 Å². The number of nitrogens with one attached hydrogen (secondary N) is 1. The zero-order valence-electron chi connectivity index (χ0n) is 14.6. The molecule has 2 fully saturated rings. The van der Waals surface area contributed by atoms with Crippen molar-refractivity contribution in [3.8, 4) is 0 Å². The fourth-order valence-corrected chi connectivity index (χ4v) is 3.62. The van der Waals surface area contributed by atoms with Gasteiger partial charge in [0.1, 0.15) is 0 Å². The number of ether oxygens (including phenoxy) is 2. The fourth-order valence-electron chi connectivity index (χ4n) is 3.62. The third kappa shape index (κ3) is 4.85. The highest BCUT2D eigenvalue weighted by Gasteiger charge is 2.31. The van der Waals surface area contributed by atoms with Crippen LogP contribution in [0.2, 0.25) is 0 Å². The summed E-state index contributed by atoms with van der Waals surface area (Å²) in [6, 6.07) is 0.170. The summed E-state index contributed by atoms with van der Waals surface area (Å²) in [5, 5.41) is 3.10. The van der Waals surface area contributed by atoms with Crippen LogP contribution in [0.4, 0.5) is 4.79 Å². The fraction of sp³-hybridized carbons (Fsp3) is 0.941. The van der Waals surface area contributed by atoms with E-state index in [0.717, 1.165) is 39.0 Å². The van der Waals surface area contributed by atoms with Gasteiger partial charge in [-0.05, 0) is 58.8 Å². The third-order valence-electron chi connectivity index (χ3n) is 5.04. The quantitative estimate of drug-likeness (QED) is 0.849. The van der Waals surface area contributed by atoms with Crippen LogP contribution in [0.1, 0.15) is 52.9 Å². The molecule has 5 nitrogen and oxygen atoms in total. The van der Waals surface area contributed by atoms with E-state index in [1.807, 2.05) is 25.7 Å². The molecule has 0 spiro atoms. The summed E-state index contributed by atoms with van der Waals surface area (Å²) in [4.78, 5) is 14.3. The highest BCUT2D eigenvalue weighted by Crippen LogP contribution is 2.28. The second-order valence-corrected chi connectivity index (χ2v) is 7.39. The summed E-state index contributed by atoms with van der Waals surface area (Å²) < 4.78 is 11.2. The first kappa shape index (κ1) is 17.5. The minimum Gasteiger partial charge on any atom is -0.379 e. The van der Waals surface area contributed by atoms with E-state index in [-0.39, 0.29) is 17.7 Å². The van der Waals surface area contributed by atoms with Crippen molar-refractivity contribution in [2.75, 3.05) is 26.8 Å². The monoisotopic (exact) mass is 312 g/mol. The van der Waals surface area contributed by atoms with Crippen LogP contribution in [-0.4, -0.2) is 55.5 Å². The van der Waals surface area contributed by atoms with Crippen molar-refractivity contribution in [3.05, 3.63) is 0 Å². The number of hydrogen-bond acceptors (Lipinski definition) is 3. The normalized spacial score (nSPS) is 25.3. The van der Waals surface area contributed by atoms with E-state index < -0.39 is 0 Å². The standard InChI is InChI=1S/C17H32N2O3/c1-13(12-17(2,3)21-4)18-16(20)19-9-7-14(8-10-19)15-6-5-11-22-15/h13-15H,5-12H2,1-4H3,(H,18,20)/t13-,15-/m1/s1. The summed E-state index contributed by atoms with van der Waals surface area (Å²) in [6.07, 6.45) is 5.76. The summed E-state index contributed by atoms with van der Waals surface area (Å²) in [7, 11) is 1.71. The van der Waals surface area contributed by atoms with Crippen molar-refractivity contribution >= 4 is 6.03 Å². The lowest BCUT2D eigenvalue weighted by atomic mass is 9.90. The van der Waals surface area contributed by atoms with Crippen LogP contribution in [0, 0.1) is 5.92 Å². The van der Waals surface area contributed by atoms with Crippen molar-refractivity contribution in [1.82, 2.24) is 10.2 Å². The largest absolute Gasteiger partial charge is 0.379 e. The number of amides is 2. The molecule has 2 rings (SSSR count). The van der Waals surface area contributed by atoms with Gasteiger partial charge in [0.15, 0.2) is 0 Å². The van der Waals surface area contributed by atoms with Gasteiger partial charge in [-0.2, -0.15) is 0 Å². The topological polar surface area (TPSA) is 50.8 Å². The molecule has 0 unspecified atom stereocenters. The predicted octanol–water partition coefficient (Wildman–Crippen LogP) is 2.79. The van der Waals surface area contributed by atoms with Gasteiger partial charge in [-0.25, -0.2) is 4.79 Å². The van der Waals surface area contributed by atoms with E-state index in [9.17, 15) is 4.79 Å². The molecule has 2 atom stereocenters. The van der Waals surface area contributed by atoms with Crippen LogP contribution in [0.3, 0.4) is 0 Å². The Hall–Kier alpha value is -0.810. The lowest BCUT2D eigenvalue weighted by molar-refractivity contribution is 0.00861. The van der Waals surface area contributed by atoms with Gasteiger partial charge in [0.2, 0.25) is 0 Å². The van der Waals surface area contributed by atoms with E-state index in [1.165, 1.54) is 12.8 Å². The van der Waals surface area contributed by atoms with E-state index in [2.05, 4.69) is 5.32 Å². The average Bonchev–Trinajstić information content (AvgIpc) is 3.01. The summed E-state index contributed by atoms with van der Waals surface area (Å²) in [6.45, 7) is 8.73. The molecule has 2 aliphatic rings. The first-order chi connectivity index (χ1) is 10.4. The van der Waals surface area contributed by atoms with Crippen LogP contribution in [0.25, 0.3) is 0 Å². The molecule has 0 aromatic rings. The maximum Gasteiger partial charge on any atom is 0.317 e. The van der Waals surface area contributed by atoms with Crippen LogP contribution in [0.15, 0.2) is 0 Å². The maximum absolute atomic E-state index is 12.4. The molecule has 5 heteroatoms. The van der Waals surface area contributed by atoms with Crippen LogP contribution in [-0.2, 0) is 9.47 Å². The second kappa shape index (κ2) is 7.64. The highest BCUT2D eigenvalue weighted by atomic mass is 16.5. The number of nitrogens with zero attached hydrogens (tertiary/aromatic N) is 1. The number of carbonyl (C=O) groups is 1.